The second-order valence-corrected chi connectivity index (χ2v) is 9.51. The van der Waals surface area contributed by atoms with Gasteiger partial charge in [-0.15, -0.1) is 10.2 Å². The lowest BCUT2D eigenvalue weighted by atomic mass is 10.0. The predicted molar refractivity (Wildman–Crippen MR) is 112 cm³/mol. The average molecular weight is 603 g/mol. The van der Waals surface area contributed by atoms with Gasteiger partial charge in [-0.1, -0.05) is 0 Å². The number of hydrogen-bond donors (Lipinski definition) is 7. The van der Waals surface area contributed by atoms with E-state index in [0.717, 1.165) is 4.57 Å². The van der Waals surface area contributed by atoms with Crippen LogP contribution in [0.25, 0.3) is 0 Å². The van der Waals surface area contributed by atoms with Crippen molar-refractivity contribution in [2.75, 3.05) is 6.54 Å². The molecule has 1 aliphatic rings. The number of nitrogens with two attached hydrogens (primary N) is 1. The number of carbonyl (C=O) groups is 1. The summed E-state index contributed by atoms with van der Waals surface area (Å²) < 4.78 is 97.0. The van der Waals surface area contributed by atoms with E-state index in [9.17, 15) is 31.1 Å². The summed E-state index contributed by atoms with van der Waals surface area (Å²) >= 11 is 0. The zero-order chi connectivity index (χ0) is 29.6. The first-order valence-corrected chi connectivity index (χ1v) is 12.9. The predicted octanol–water partition coefficient (Wildman–Crippen LogP) is 0.159. The number of carbonyl (C=O) groups excluding carboxylic acids is 1. The molecule has 0 aliphatic carbocycles. The van der Waals surface area contributed by atoms with Crippen LogP contribution in [-0.4, -0.2) is 67.5 Å². The Morgan fingerprint density at radius 3 is 1.95 bits per heavy atom. The fraction of sp³-hybridized carbons (Fsp3) is 0.438. The monoisotopic (exact) mass is 603 g/mol. The van der Waals surface area contributed by atoms with Gasteiger partial charge in [0.25, 0.3) is 0 Å². The minimum atomic E-state index is -4.64. The first kappa shape index (κ1) is 33.6. The number of benzene rings is 1. The standard InChI is InChI=1S/C16H15F6N5O.2H3O4P/c17-10-6-12(19)11(18)4-8(10)3-9(23)5-14(28)26-1-2-27-13(7-26)24-25-15(27)16(20,21)22;2*1-5(2,3)4/h4,6,9H,1-3,5,7,23H2;2*(H3,1,2,3,4)/t9-;;/m0../s1. The molecule has 216 valence electrons. The van der Waals surface area contributed by atoms with Crippen molar-refractivity contribution in [1.82, 2.24) is 19.7 Å². The number of fused-ring (bicyclic) bond motifs is 1. The molecule has 1 aliphatic heterocycles. The van der Waals surface area contributed by atoms with Crippen LogP contribution >= 0.6 is 15.6 Å². The van der Waals surface area contributed by atoms with E-state index in [-0.39, 0.29) is 43.9 Å². The van der Waals surface area contributed by atoms with E-state index >= 15 is 0 Å². The van der Waals surface area contributed by atoms with Crippen LogP contribution in [0.5, 0.6) is 0 Å². The molecular weight excluding hydrogens is 582 g/mol. The molecule has 1 atom stereocenters. The topological polar surface area (TPSA) is 233 Å². The molecule has 2 heterocycles. The number of rotatable bonds is 4. The lowest BCUT2D eigenvalue weighted by Gasteiger charge is -2.29. The minimum Gasteiger partial charge on any atom is -0.333 e. The van der Waals surface area contributed by atoms with Gasteiger partial charge in [0.2, 0.25) is 11.7 Å². The molecule has 3 rings (SSSR count). The van der Waals surface area contributed by atoms with Crippen LogP contribution < -0.4 is 5.73 Å². The van der Waals surface area contributed by atoms with Crippen molar-refractivity contribution in [3.05, 3.63) is 46.8 Å². The van der Waals surface area contributed by atoms with Crippen molar-refractivity contribution < 1.29 is 69.6 Å². The highest BCUT2D eigenvalue weighted by molar-refractivity contribution is 7.45. The van der Waals surface area contributed by atoms with Crippen LogP contribution in [0.3, 0.4) is 0 Å². The molecule has 22 heteroatoms. The molecule has 0 bridgehead atoms. The number of aromatic nitrogens is 3. The van der Waals surface area contributed by atoms with Crippen LogP contribution in [0.2, 0.25) is 0 Å². The Morgan fingerprint density at radius 1 is 0.947 bits per heavy atom. The second kappa shape index (κ2) is 13.1. The molecule has 0 saturated heterocycles. The number of hydrogen-bond acceptors (Lipinski definition) is 6. The SMILES string of the molecule is N[C@H](CC(=O)N1CCn2c(nnc2C(F)(F)F)C1)Cc1cc(F)c(F)cc1F.O=P(O)(O)O.O=P(O)(O)O. The van der Waals surface area contributed by atoms with Crippen LogP contribution in [0.15, 0.2) is 12.1 Å². The van der Waals surface area contributed by atoms with Gasteiger partial charge in [-0.25, -0.2) is 22.3 Å². The van der Waals surface area contributed by atoms with Gasteiger partial charge >= 0.3 is 21.8 Å². The summed E-state index contributed by atoms with van der Waals surface area (Å²) in [6, 6.07) is 0.184. The third-order valence-corrected chi connectivity index (χ3v) is 4.37. The number of nitrogens with zero attached hydrogens (tertiary/aromatic N) is 4. The van der Waals surface area contributed by atoms with Crippen LogP contribution in [0.4, 0.5) is 26.3 Å². The summed E-state index contributed by atoms with van der Waals surface area (Å²) in [6.45, 7) is -0.302. The normalized spacial score (nSPS) is 14.5. The van der Waals surface area contributed by atoms with E-state index < -0.39 is 57.0 Å². The lowest BCUT2D eigenvalue weighted by molar-refractivity contribution is -0.148. The first-order chi connectivity index (χ1) is 17.1. The van der Waals surface area contributed by atoms with E-state index in [2.05, 4.69) is 10.2 Å². The van der Waals surface area contributed by atoms with Crippen LogP contribution in [0.1, 0.15) is 23.6 Å². The fourth-order valence-electron chi connectivity index (χ4n) is 3.01. The molecule has 1 amide bonds. The smallest absolute Gasteiger partial charge is 0.333 e. The van der Waals surface area contributed by atoms with Crippen molar-refractivity contribution in [1.29, 1.82) is 0 Å². The molecule has 1 aromatic carbocycles. The van der Waals surface area contributed by atoms with Crippen molar-refractivity contribution >= 4 is 21.6 Å². The van der Waals surface area contributed by atoms with Crippen molar-refractivity contribution in [2.24, 2.45) is 5.73 Å². The highest BCUT2D eigenvalue weighted by Gasteiger charge is 2.40. The summed E-state index contributed by atoms with van der Waals surface area (Å²) in [5.41, 5.74) is 5.64. The Morgan fingerprint density at radius 2 is 1.45 bits per heavy atom. The highest BCUT2D eigenvalue weighted by atomic mass is 31.2. The third kappa shape index (κ3) is 12.4. The lowest BCUT2D eigenvalue weighted by Crippen LogP contribution is -2.42. The van der Waals surface area contributed by atoms with Gasteiger partial charge in [0.1, 0.15) is 5.82 Å². The van der Waals surface area contributed by atoms with Gasteiger partial charge in [0, 0.05) is 31.6 Å². The second-order valence-electron chi connectivity index (χ2n) is 7.46. The number of amides is 1. The first-order valence-electron chi connectivity index (χ1n) is 9.79. The van der Waals surface area contributed by atoms with Gasteiger partial charge in [-0.3, -0.25) is 4.79 Å². The molecule has 38 heavy (non-hydrogen) atoms. The largest absolute Gasteiger partial charge is 0.466 e. The Kier molecular flexibility index (Phi) is 11.6. The zero-order valence-corrected chi connectivity index (χ0v) is 20.5. The van der Waals surface area contributed by atoms with Gasteiger partial charge in [0.15, 0.2) is 17.5 Å². The van der Waals surface area contributed by atoms with Gasteiger partial charge in [0.05, 0.1) is 6.54 Å². The third-order valence-electron chi connectivity index (χ3n) is 4.37. The molecule has 0 saturated carbocycles. The van der Waals surface area contributed by atoms with Gasteiger partial charge in [-0.2, -0.15) is 13.2 Å². The maximum atomic E-state index is 13.7. The molecule has 0 fully saturated rings. The van der Waals surface area contributed by atoms with Crippen molar-refractivity contribution in [2.45, 2.75) is 38.1 Å². The summed E-state index contributed by atoms with van der Waals surface area (Å²) in [5.74, 6) is -5.15. The van der Waals surface area contributed by atoms with E-state index in [1.165, 1.54) is 4.90 Å². The Hall–Kier alpha value is -2.41. The molecule has 2 aromatic rings. The Labute approximate surface area is 208 Å². The Balaban J connectivity index is 0.000000616. The Bertz CT molecular complexity index is 1180. The maximum Gasteiger partial charge on any atom is 0.466 e. The highest BCUT2D eigenvalue weighted by Crippen LogP contribution is 2.29. The van der Waals surface area contributed by atoms with Crippen molar-refractivity contribution in [3.63, 3.8) is 0 Å². The zero-order valence-electron chi connectivity index (χ0n) is 18.7. The summed E-state index contributed by atoms with van der Waals surface area (Å²) in [5, 5.41) is 6.60. The fourth-order valence-corrected chi connectivity index (χ4v) is 3.01. The van der Waals surface area contributed by atoms with E-state index in [1.807, 2.05) is 0 Å². The number of halogens is 6. The van der Waals surface area contributed by atoms with E-state index in [4.69, 9.17) is 44.2 Å². The summed E-state index contributed by atoms with van der Waals surface area (Å²) in [4.78, 5) is 56.8. The molecule has 0 spiro atoms. The van der Waals surface area contributed by atoms with Gasteiger partial charge < -0.3 is 44.6 Å². The van der Waals surface area contributed by atoms with E-state index in [0.29, 0.717) is 12.1 Å². The quantitative estimate of drug-likeness (QED) is 0.141. The van der Waals surface area contributed by atoms with Crippen molar-refractivity contribution in [3.8, 4) is 0 Å². The van der Waals surface area contributed by atoms with Gasteiger partial charge in [-0.05, 0) is 18.1 Å². The van der Waals surface area contributed by atoms with E-state index in [1.54, 1.807) is 0 Å². The molecule has 1 aromatic heterocycles. The molecule has 0 radical (unpaired) electrons. The number of alkyl halides is 3. The molecule has 14 nitrogen and oxygen atoms in total. The molecule has 0 unspecified atom stereocenters. The van der Waals surface area contributed by atoms with Crippen LogP contribution in [-0.2, 0) is 39.6 Å². The molecule has 8 N–H and O–H groups in total. The number of phosphoric acid groups is 2. The molecular formula is C16H21F6N5O9P2. The summed E-state index contributed by atoms with van der Waals surface area (Å²) in [6.07, 6.45) is -5.11. The maximum absolute atomic E-state index is 13.7. The minimum absolute atomic E-state index is 0.000783. The average Bonchev–Trinajstić information content (AvgIpc) is 3.13. The summed E-state index contributed by atoms with van der Waals surface area (Å²) in [7, 11) is -9.28. The van der Waals surface area contributed by atoms with Crippen LogP contribution in [0, 0.1) is 17.5 Å².